The van der Waals surface area contributed by atoms with Gasteiger partial charge < -0.3 is 5.73 Å². The lowest BCUT2D eigenvalue weighted by Crippen LogP contribution is -2.34. The first-order chi connectivity index (χ1) is 5.61. The number of amides is 3. The van der Waals surface area contributed by atoms with Crippen LogP contribution in [0.5, 0.6) is 0 Å². The van der Waals surface area contributed by atoms with Gasteiger partial charge in [0.05, 0.1) is 5.02 Å². The second kappa shape index (κ2) is 3.55. The Bertz CT molecular complexity index is 323. The highest BCUT2D eigenvalue weighted by atomic mass is 35.5. The van der Waals surface area contributed by atoms with E-state index < -0.39 is 11.9 Å². The molecular weight excluding hydrogens is 200 g/mol. The molecule has 6 heteroatoms. The standard InChI is InChI=1S/C6H5ClN2O2S/c7-3-1-2-12-4(3)5(10)9-6(8)11/h1-2H,(H3,8,9,10,11). The SMILES string of the molecule is NC(=O)NC(=O)c1sccc1Cl. The van der Waals surface area contributed by atoms with Crippen molar-refractivity contribution in [1.29, 1.82) is 0 Å². The number of carbonyl (C=O) groups excluding carboxylic acids is 2. The smallest absolute Gasteiger partial charge is 0.319 e. The van der Waals surface area contributed by atoms with E-state index in [2.05, 4.69) is 0 Å². The molecule has 0 radical (unpaired) electrons. The van der Waals surface area contributed by atoms with Crippen molar-refractivity contribution in [1.82, 2.24) is 5.32 Å². The van der Waals surface area contributed by atoms with Gasteiger partial charge in [0.2, 0.25) is 0 Å². The molecule has 1 heterocycles. The van der Waals surface area contributed by atoms with Crippen LogP contribution in [-0.4, -0.2) is 11.9 Å². The van der Waals surface area contributed by atoms with Gasteiger partial charge in [0.25, 0.3) is 5.91 Å². The zero-order chi connectivity index (χ0) is 9.14. The largest absolute Gasteiger partial charge is 0.351 e. The molecule has 0 bridgehead atoms. The summed E-state index contributed by atoms with van der Waals surface area (Å²) in [5.41, 5.74) is 4.74. The zero-order valence-electron chi connectivity index (χ0n) is 5.83. The predicted molar refractivity (Wildman–Crippen MR) is 46.4 cm³/mol. The van der Waals surface area contributed by atoms with Crippen molar-refractivity contribution in [3.8, 4) is 0 Å². The highest BCUT2D eigenvalue weighted by molar-refractivity contribution is 7.12. The molecule has 0 saturated heterocycles. The monoisotopic (exact) mass is 204 g/mol. The molecule has 64 valence electrons. The molecule has 1 aromatic rings. The number of rotatable bonds is 1. The highest BCUT2D eigenvalue weighted by Gasteiger charge is 2.12. The Morgan fingerprint density at radius 3 is 2.67 bits per heavy atom. The molecule has 0 fully saturated rings. The van der Waals surface area contributed by atoms with Gasteiger partial charge in [-0.15, -0.1) is 11.3 Å². The molecule has 3 N–H and O–H groups in total. The molecule has 12 heavy (non-hydrogen) atoms. The number of urea groups is 1. The van der Waals surface area contributed by atoms with Gasteiger partial charge in [-0.05, 0) is 11.4 Å². The minimum absolute atomic E-state index is 0.287. The van der Waals surface area contributed by atoms with Crippen molar-refractivity contribution >= 4 is 34.9 Å². The van der Waals surface area contributed by atoms with E-state index in [0.717, 1.165) is 11.3 Å². The molecule has 0 saturated carbocycles. The van der Waals surface area contributed by atoms with Crippen LogP contribution in [0.3, 0.4) is 0 Å². The van der Waals surface area contributed by atoms with Gasteiger partial charge in [-0.2, -0.15) is 0 Å². The minimum Gasteiger partial charge on any atom is -0.351 e. The Labute approximate surface area is 77.3 Å². The normalized spacial score (nSPS) is 9.42. The number of imide groups is 1. The second-order valence-corrected chi connectivity index (χ2v) is 3.24. The molecule has 0 aliphatic rings. The second-order valence-electron chi connectivity index (χ2n) is 1.92. The number of nitrogens with one attached hydrogen (secondary N) is 1. The first kappa shape index (κ1) is 9.02. The molecule has 0 unspecified atom stereocenters. The highest BCUT2D eigenvalue weighted by Crippen LogP contribution is 2.21. The number of thiophene rings is 1. The summed E-state index contributed by atoms with van der Waals surface area (Å²) in [4.78, 5) is 21.6. The predicted octanol–water partition coefficient (Wildman–Crippen LogP) is 1.21. The molecular formula is C6H5ClN2O2S. The maximum atomic E-state index is 11.1. The lowest BCUT2D eigenvalue weighted by atomic mass is 10.4. The van der Waals surface area contributed by atoms with Crippen LogP contribution in [0.15, 0.2) is 11.4 Å². The summed E-state index contributed by atoms with van der Waals surface area (Å²) in [6.07, 6.45) is 0. The summed E-state index contributed by atoms with van der Waals surface area (Å²) in [7, 11) is 0. The van der Waals surface area contributed by atoms with E-state index >= 15 is 0 Å². The molecule has 0 aromatic carbocycles. The number of hydrogen-bond acceptors (Lipinski definition) is 3. The van der Waals surface area contributed by atoms with Gasteiger partial charge in [0.15, 0.2) is 0 Å². The van der Waals surface area contributed by atoms with Crippen LogP contribution in [0.2, 0.25) is 5.02 Å². The first-order valence-electron chi connectivity index (χ1n) is 2.95. The van der Waals surface area contributed by atoms with Crippen molar-refractivity contribution in [3.05, 3.63) is 21.3 Å². The van der Waals surface area contributed by atoms with Crippen LogP contribution in [0.25, 0.3) is 0 Å². The van der Waals surface area contributed by atoms with Gasteiger partial charge in [-0.1, -0.05) is 11.6 Å². The Kier molecular flexibility index (Phi) is 2.67. The van der Waals surface area contributed by atoms with Crippen molar-refractivity contribution in [2.45, 2.75) is 0 Å². The number of nitrogens with two attached hydrogens (primary N) is 1. The van der Waals surface area contributed by atoms with Crippen molar-refractivity contribution in [3.63, 3.8) is 0 Å². The number of carbonyl (C=O) groups is 2. The Balaban J connectivity index is 2.78. The average Bonchev–Trinajstić information content (AvgIpc) is 2.33. The van der Waals surface area contributed by atoms with Crippen molar-refractivity contribution in [2.75, 3.05) is 0 Å². The fourth-order valence-corrected chi connectivity index (χ4v) is 1.66. The van der Waals surface area contributed by atoms with E-state index in [-0.39, 0.29) is 4.88 Å². The van der Waals surface area contributed by atoms with Gasteiger partial charge in [-0.3, -0.25) is 10.1 Å². The summed E-state index contributed by atoms with van der Waals surface area (Å²) >= 11 is 6.76. The molecule has 3 amide bonds. The van der Waals surface area contributed by atoms with E-state index in [4.69, 9.17) is 17.3 Å². The van der Waals surface area contributed by atoms with Crippen LogP contribution in [-0.2, 0) is 0 Å². The van der Waals surface area contributed by atoms with E-state index in [0.29, 0.717) is 5.02 Å². The quantitative estimate of drug-likeness (QED) is 0.722. The molecule has 0 atom stereocenters. The summed E-state index contributed by atoms with van der Waals surface area (Å²) in [5, 5.41) is 3.88. The first-order valence-corrected chi connectivity index (χ1v) is 4.21. The Morgan fingerprint density at radius 1 is 1.58 bits per heavy atom. The fraction of sp³-hybridized carbons (Fsp3) is 0. The Hall–Kier alpha value is -1.07. The van der Waals surface area contributed by atoms with Crippen LogP contribution in [0, 0.1) is 0 Å². The van der Waals surface area contributed by atoms with Gasteiger partial charge in [-0.25, -0.2) is 4.79 Å². The van der Waals surface area contributed by atoms with Crippen LogP contribution >= 0.6 is 22.9 Å². The molecule has 0 aliphatic carbocycles. The number of primary amides is 1. The summed E-state index contributed by atoms with van der Waals surface area (Å²) < 4.78 is 0. The van der Waals surface area contributed by atoms with Gasteiger partial charge in [0, 0.05) is 0 Å². The summed E-state index contributed by atoms with van der Waals surface area (Å²) in [5.74, 6) is -0.567. The van der Waals surface area contributed by atoms with E-state index in [1.807, 2.05) is 5.32 Å². The molecule has 0 spiro atoms. The lowest BCUT2D eigenvalue weighted by molar-refractivity contribution is 0.0970. The third-order valence-corrected chi connectivity index (χ3v) is 2.40. The maximum absolute atomic E-state index is 11.1. The van der Waals surface area contributed by atoms with Crippen LogP contribution in [0.1, 0.15) is 9.67 Å². The lowest BCUT2D eigenvalue weighted by Gasteiger charge is -1.96. The van der Waals surface area contributed by atoms with E-state index in [9.17, 15) is 9.59 Å². The average molecular weight is 205 g/mol. The fourth-order valence-electron chi connectivity index (χ4n) is 0.624. The van der Waals surface area contributed by atoms with E-state index in [1.165, 1.54) is 0 Å². The van der Waals surface area contributed by atoms with Gasteiger partial charge in [0.1, 0.15) is 4.88 Å². The number of hydrogen-bond donors (Lipinski definition) is 2. The topological polar surface area (TPSA) is 72.2 Å². The zero-order valence-corrected chi connectivity index (χ0v) is 7.41. The Morgan fingerprint density at radius 2 is 2.25 bits per heavy atom. The third kappa shape index (κ3) is 1.96. The molecule has 4 nitrogen and oxygen atoms in total. The van der Waals surface area contributed by atoms with Crippen molar-refractivity contribution in [2.24, 2.45) is 5.73 Å². The third-order valence-electron chi connectivity index (χ3n) is 1.06. The van der Waals surface area contributed by atoms with Crippen molar-refractivity contribution < 1.29 is 9.59 Å². The summed E-state index contributed by atoms with van der Waals surface area (Å²) in [6, 6.07) is 0.687. The maximum Gasteiger partial charge on any atom is 0.319 e. The molecule has 1 aromatic heterocycles. The molecule has 0 aliphatic heterocycles. The van der Waals surface area contributed by atoms with Gasteiger partial charge >= 0.3 is 6.03 Å². The van der Waals surface area contributed by atoms with E-state index in [1.54, 1.807) is 11.4 Å². The van der Waals surface area contributed by atoms with Crippen LogP contribution in [0.4, 0.5) is 4.79 Å². The summed E-state index contributed by atoms with van der Waals surface area (Å²) in [6.45, 7) is 0. The van der Waals surface area contributed by atoms with Crippen LogP contribution < -0.4 is 11.1 Å². The number of halogens is 1. The minimum atomic E-state index is -0.885. The molecule has 1 rings (SSSR count).